The summed E-state index contributed by atoms with van der Waals surface area (Å²) in [6.07, 6.45) is -4.14. The van der Waals surface area contributed by atoms with E-state index in [9.17, 15) is 31.5 Å². The molecule has 0 saturated carbocycles. The number of alkyl halides is 3. The Morgan fingerprint density at radius 2 is 1.76 bits per heavy atom. The summed E-state index contributed by atoms with van der Waals surface area (Å²) in [7, 11) is -3.16. The fraction of sp³-hybridized carbons (Fsp3) is 0.424. The van der Waals surface area contributed by atoms with Crippen molar-refractivity contribution in [3.05, 3.63) is 76.3 Å². The number of sulfone groups is 1. The topological polar surface area (TPSA) is 119 Å². The molecular weight excluding hydrogens is 613 g/mol. The van der Waals surface area contributed by atoms with E-state index in [0.717, 1.165) is 17.2 Å². The van der Waals surface area contributed by atoms with Crippen LogP contribution in [0.3, 0.4) is 0 Å². The Hall–Kier alpha value is -3.77. The van der Waals surface area contributed by atoms with Crippen LogP contribution < -0.4 is 14.2 Å². The predicted molar refractivity (Wildman–Crippen MR) is 159 cm³/mol. The van der Waals surface area contributed by atoms with Crippen molar-refractivity contribution in [3.8, 4) is 28.4 Å². The van der Waals surface area contributed by atoms with Gasteiger partial charge in [-0.3, -0.25) is 4.79 Å². The first-order valence-corrected chi connectivity index (χ1v) is 16.6. The molecule has 0 bridgehead atoms. The van der Waals surface area contributed by atoms with Crippen molar-refractivity contribution in [2.45, 2.75) is 62.8 Å². The lowest BCUT2D eigenvalue weighted by molar-refractivity contribution is -0.138. The highest BCUT2D eigenvalue weighted by molar-refractivity contribution is 7.91. The van der Waals surface area contributed by atoms with Crippen molar-refractivity contribution in [3.63, 3.8) is 0 Å². The smallest absolute Gasteiger partial charge is 0.416 e. The Bertz CT molecular complexity index is 1740. The van der Waals surface area contributed by atoms with E-state index in [0.29, 0.717) is 52.3 Å². The fourth-order valence-corrected chi connectivity index (χ4v) is 7.99. The Labute approximate surface area is 258 Å². The molecule has 6 rings (SSSR count). The van der Waals surface area contributed by atoms with Crippen LogP contribution in [0.4, 0.5) is 13.2 Å². The Balaban J connectivity index is 1.25. The summed E-state index contributed by atoms with van der Waals surface area (Å²) in [4.78, 5) is 11.2. The molecule has 3 aromatic rings. The van der Waals surface area contributed by atoms with Crippen LogP contribution in [0.15, 0.2) is 48.5 Å². The van der Waals surface area contributed by atoms with Crippen LogP contribution in [0.2, 0.25) is 0 Å². The van der Waals surface area contributed by atoms with Gasteiger partial charge in [0.15, 0.2) is 9.84 Å². The lowest BCUT2D eigenvalue weighted by Crippen LogP contribution is -2.43. The summed E-state index contributed by atoms with van der Waals surface area (Å²) < 4.78 is 83.6. The number of aryl methyl sites for hydroxylation is 1. The molecule has 0 amide bonds. The number of halogens is 3. The first-order valence-electron chi connectivity index (χ1n) is 14.8. The zero-order chi connectivity index (χ0) is 32.1. The molecular formula is C33H33F3O8S. The van der Waals surface area contributed by atoms with E-state index in [1.54, 1.807) is 43.3 Å². The van der Waals surface area contributed by atoms with Gasteiger partial charge in [-0.1, -0.05) is 12.1 Å². The molecule has 0 aromatic heterocycles. The number of hydrogen-bond donors (Lipinski definition) is 2. The average molecular weight is 647 g/mol. The monoisotopic (exact) mass is 646 g/mol. The molecule has 2 atom stereocenters. The maximum Gasteiger partial charge on any atom is 0.416 e. The number of fused-ring (bicyclic) bond motifs is 2. The van der Waals surface area contributed by atoms with Crippen molar-refractivity contribution in [1.82, 2.24) is 0 Å². The van der Waals surface area contributed by atoms with E-state index < -0.39 is 39.3 Å². The standard InChI is InChI=1S/C33H33F3O8S/c1-19-12-22(43-18-32(39)8-10-45(40,41)11-9-32)2-4-24(19)27-14-21(33(34,35)36)15-28-26(27)6-7-29(28)44-23-3-5-25-20(13-31(37)38)17-42-30(25)16-23/h2-5,12,14-16,20,29,39H,6-11,13,17-18H2,1H3,(H,37,38)/t20-,29-/m1/s1. The lowest BCUT2D eigenvalue weighted by Gasteiger charge is -2.31. The van der Waals surface area contributed by atoms with Gasteiger partial charge >= 0.3 is 12.1 Å². The SMILES string of the molecule is Cc1cc(OCC2(O)CCS(=O)(=O)CC2)ccc1-c1cc(C(F)(F)F)cc2c1CC[C@H]2Oc1ccc2c(c1)OC[C@H]2CC(=O)O. The molecule has 3 aliphatic rings. The van der Waals surface area contributed by atoms with Crippen LogP contribution in [-0.2, 0) is 27.2 Å². The van der Waals surface area contributed by atoms with E-state index >= 15 is 0 Å². The first kappa shape index (κ1) is 31.2. The van der Waals surface area contributed by atoms with Crippen LogP contribution in [0.1, 0.15) is 65.5 Å². The molecule has 0 spiro atoms. The van der Waals surface area contributed by atoms with Crippen molar-refractivity contribution in [1.29, 1.82) is 0 Å². The van der Waals surface area contributed by atoms with Gasteiger partial charge in [-0.05, 0) is 90.8 Å². The molecule has 0 unspecified atom stereocenters. The van der Waals surface area contributed by atoms with Gasteiger partial charge in [0, 0.05) is 17.5 Å². The second-order valence-corrected chi connectivity index (χ2v) is 14.5. The van der Waals surface area contributed by atoms with Crippen molar-refractivity contribution in [2.75, 3.05) is 24.7 Å². The van der Waals surface area contributed by atoms with E-state index in [-0.39, 0.29) is 49.9 Å². The van der Waals surface area contributed by atoms with Crippen LogP contribution >= 0.6 is 0 Å². The maximum absolute atomic E-state index is 14.1. The van der Waals surface area contributed by atoms with E-state index in [4.69, 9.17) is 19.3 Å². The van der Waals surface area contributed by atoms with Gasteiger partial charge in [0.05, 0.1) is 30.1 Å². The number of carbonyl (C=O) groups is 1. The van der Waals surface area contributed by atoms with E-state index in [2.05, 4.69) is 0 Å². The van der Waals surface area contributed by atoms with Crippen molar-refractivity contribution in [2.24, 2.45) is 0 Å². The Kier molecular flexibility index (Phi) is 8.01. The first-order chi connectivity index (χ1) is 21.2. The van der Waals surface area contributed by atoms with Crippen LogP contribution in [0.25, 0.3) is 11.1 Å². The van der Waals surface area contributed by atoms with Gasteiger partial charge in [0.1, 0.15) is 35.6 Å². The van der Waals surface area contributed by atoms with Crippen LogP contribution in [0, 0.1) is 6.92 Å². The molecule has 2 heterocycles. The highest BCUT2D eigenvalue weighted by Crippen LogP contribution is 2.46. The second kappa shape index (κ2) is 11.5. The molecule has 12 heteroatoms. The molecule has 0 radical (unpaired) electrons. The summed E-state index contributed by atoms with van der Waals surface area (Å²) in [5.74, 6) is -0.0472. The number of hydrogen-bond acceptors (Lipinski definition) is 7. The minimum atomic E-state index is -4.59. The highest BCUT2D eigenvalue weighted by Gasteiger charge is 2.38. The molecule has 1 fully saturated rings. The third-order valence-electron chi connectivity index (χ3n) is 8.93. The molecule has 240 valence electrons. The third-order valence-corrected chi connectivity index (χ3v) is 10.6. The van der Waals surface area contributed by atoms with Gasteiger partial charge in [-0.25, -0.2) is 8.42 Å². The molecule has 8 nitrogen and oxygen atoms in total. The quantitative estimate of drug-likeness (QED) is 0.305. The molecule has 1 saturated heterocycles. The largest absolute Gasteiger partial charge is 0.492 e. The highest BCUT2D eigenvalue weighted by atomic mass is 32.2. The number of benzene rings is 3. The van der Waals surface area contributed by atoms with Gasteiger partial charge in [-0.2, -0.15) is 13.2 Å². The van der Waals surface area contributed by atoms with E-state index in [1.165, 1.54) is 6.07 Å². The van der Waals surface area contributed by atoms with Crippen LogP contribution in [0.5, 0.6) is 17.2 Å². The number of carboxylic acids is 1. The maximum atomic E-state index is 14.1. The van der Waals surface area contributed by atoms with Crippen molar-refractivity contribution >= 4 is 15.8 Å². The molecule has 1 aliphatic carbocycles. The minimum absolute atomic E-state index is 0.0621. The average Bonchev–Trinajstić information content (AvgIpc) is 3.56. The number of ether oxygens (including phenoxy) is 3. The summed E-state index contributed by atoms with van der Waals surface area (Å²) in [6, 6.07) is 12.5. The van der Waals surface area contributed by atoms with Crippen molar-refractivity contribution < 1.29 is 50.8 Å². The summed E-state index contributed by atoms with van der Waals surface area (Å²) in [5, 5.41) is 19.9. The molecule has 45 heavy (non-hydrogen) atoms. The normalized spacial score (nSPS) is 21.4. The van der Waals surface area contributed by atoms with Crippen LogP contribution in [-0.4, -0.2) is 54.9 Å². The lowest BCUT2D eigenvalue weighted by atomic mass is 9.91. The summed E-state index contributed by atoms with van der Waals surface area (Å²) in [6.45, 7) is 1.93. The number of carboxylic acid groups (broad SMARTS) is 1. The zero-order valence-electron chi connectivity index (χ0n) is 24.5. The second-order valence-electron chi connectivity index (χ2n) is 12.2. The Morgan fingerprint density at radius 3 is 2.44 bits per heavy atom. The number of aliphatic carboxylic acids is 1. The molecule has 2 N–H and O–H groups in total. The summed E-state index contributed by atoms with van der Waals surface area (Å²) >= 11 is 0. The number of aliphatic hydroxyl groups is 1. The third kappa shape index (κ3) is 6.62. The van der Waals surface area contributed by atoms with Gasteiger partial charge in [0.25, 0.3) is 0 Å². The summed E-state index contributed by atoms with van der Waals surface area (Å²) in [5.41, 5.74) is 1.70. The van der Waals surface area contributed by atoms with E-state index in [1.807, 2.05) is 0 Å². The predicted octanol–water partition coefficient (Wildman–Crippen LogP) is 6.02. The number of rotatable bonds is 8. The molecule has 3 aromatic carbocycles. The van der Waals surface area contributed by atoms with Gasteiger partial charge in [0.2, 0.25) is 0 Å². The Morgan fingerprint density at radius 1 is 1.02 bits per heavy atom. The minimum Gasteiger partial charge on any atom is -0.492 e. The van der Waals surface area contributed by atoms with Gasteiger partial charge in [-0.15, -0.1) is 0 Å². The van der Waals surface area contributed by atoms with Gasteiger partial charge < -0.3 is 24.4 Å². The zero-order valence-corrected chi connectivity index (χ0v) is 25.3. The molecule has 2 aliphatic heterocycles. The fourth-order valence-electron chi connectivity index (χ4n) is 6.40.